The Morgan fingerprint density at radius 2 is 1.57 bits per heavy atom. The molecule has 0 fully saturated rings. The second-order valence-electron chi connectivity index (χ2n) is 9.13. The first-order chi connectivity index (χ1) is 18.9. The molecule has 214 valence electrons. The van der Waals surface area contributed by atoms with Crippen LogP contribution in [0, 0.1) is 0 Å². The molecule has 0 saturated carbocycles. The minimum absolute atomic E-state index is 0.0290. The number of hydrogen-bond donors (Lipinski definition) is 1. The lowest BCUT2D eigenvalue weighted by molar-refractivity contribution is -0.140. The van der Waals surface area contributed by atoms with Gasteiger partial charge in [-0.25, -0.2) is 8.42 Å². The molecule has 0 aromatic heterocycles. The van der Waals surface area contributed by atoms with Crippen LogP contribution in [0.4, 0.5) is 5.69 Å². The predicted molar refractivity (Wildman–Crippen MR) is 163 cm³/mol. The Morgan fingerprint density at radius 1 is 0.875 bits per heavy atom. The molecule has 0 aliphatic heterocycles. The van der Waals surface area contributed by atoms with Crippen LogP contribution in [0.15, 0.2) is 66.7 Å². The van der Waals surface area contributed by atoms with Gasteiger partial charge in [0.2, 0.25) is 21.8 Å². The molecule has 40 heavy (non-hydrogen) atoms. The van der Waals surface area contributed by atoms with Crippen LogP contribution in [0.25, 0.3) is 0 Å². The number of carbonyl (C=O) groups is 2. The first-order valence-electron chi connectivity index (χ1n) is 12.4. The van der Waals surface area contributed by atoms with Crippen molar-refractivity contribution < 1.29 is 18.0 Å². The zero-order chi connectivity index (χ0) is 29.4. The highest BCUT2D eigenvalue weighted by Crippen LogP contribution is 2.31. The molecular weight excluding hydrogens is 616 g/mol. The topological polar surface area (TPSA) is 86.8 Å². The summed E-state index contributed by atoms with van der Waals surface area (Å²) < 4.78 is 26.6. The Hall–Kier alpha value is -2.49. The number of amides is 2. The van der Waals surface area contributed by atoms with Gasteiger partial charge in [0, 0.05) is 24.5 Å². The third kappa shape index (κ3) is 8.75. The molecule has 3 rings (SSSR count). The van der Waals surface area contributed by atoms with E-state index in [1.807, 2.05) is 37.3 Å². The SMILES string of the molecule is CCCNC(=O)[C@@H](Cc1ccccc1)N(Cc1ccc(Cl)c(Cl)c1)C(=O)CN(c1ccc(Cl)cc1Cl)S(C)(=O)=O. The van der Waals surface area contributed by atoms with Gasteiger partial charge >= 0.3 is 0 Å². The van der Waals surface area contributed by atoms with Gasteiger partial charge in [0.05, 0.1) is 27.0 Å². The Labute approximate surface area is 255 Å². The molecule has 0 aliphatic carbocycles. The van der Waals surface area contributed by atoms with Gasteiger partial charge in [0.15, 0.2) is 0 Å². The van der Waals surface area contributed by atoms with Crippen LogP contribution in [0.3, 0.4) is 0 Å². The van der Waals surface area contributed by atoms with E-state index in [9.17, 15) is 18.0 Å². The predicted octanol–water partition coefficient (Wildman–Crippen LogP) is 6.23. The van der Waals surface area contributed by atoms with Gasteiger partial charge < -0.3 is 10.2 Å². The Balaban J connectivity index is 2.08. The van der Waals surface area contributed by atoms with E-state index in [4.69, 9.17) is 46.4 Å². The van der Waals surface area contributed by atoms with E-state index >= 15 is 0 Å². The van der Waals surface area contributed by atoms with Crippen molar-refractivity contribution in [1.29, 1.82) is 0 Å². The van der Waals surface area contributed by atoms with Gasteiger partial charge in [-0.2, -0.15) is 0 Å². The van der Waals surface area contributed by atoms with Crippen LogP contribution in [0.5, 0.6) is 0 Å². The minimum Gasteiger partial charge on any atom is -0.354 e. The Morgan fingerprint density at radius 3 is 2.17 bits per heavy atom. The van der Waals surface area contributed by atoms with E-state index in [-0.39, 0.29) is 34.6 Å². The number of carbonyl (C=O) groups excluding carboxylic acids is 2. The fourth-order valence-corrected chi connectivity index (χ4v) is 5.78. The van der Waals surface area contributed by atoms with Crippen LogP contribution in [0.1, 0.15) is 24.5 Å². The molecule has 3 aromatic rings. The van der Waals surface area contributed by atoms with Gasteiger partial charge in [-0.1, -0.05) is 89.7 Å². The van der Waals surface area contributed by atoms with Crippen molar-refractivity contribution in [3.63, 3.8) is 0 Å². The Kier molecular flexibility index (Phi) is 11.5. The summed E-state index contributed by atoms with van der Waals surface area (Å²) in [6, 6.07) is 17.5. The summed E-state index contributed by atoms with van der Waals surface area (Å²) in [6.07, 6.45) is 1.87. The maximum Gasteiger partial charge on any atom is 0.244 e. The van der Waals surface area contributed by atoms with E-state index < -0.39 is 28.5 Å². The van der Waals surface area contributed by atoms with Crippen LogP contribution >= 0.6 is 46.4 Å². The van der Waals surface area contributed by atoms with Crippen molar-refractivity contribution in [2.24, 2.45) is 0 Å². The van der Waals surface area contributed by atoms with Gasteiger partial charge in [-0.3, -0.25) is 13.9 Å². The molecule has 1 N–H and O–H groups in total. The maximum absolute atomic E-state index is 14.0. The lowest BCUT2D eigenvalue weighted by Crippen LogP contribution is -2.53. The van der Waals surface area contributed by atoms with Gasteiger partial charge in [0.25, 0.3) is 0 Å². The third-order valence-corrected chi connectivity index (χ3v) is 8.42. The zero-order valence-corrected chi connectivity index (χ0v) is 25.8. The summed E-state index contributed by atoms with van der Waals surface area (Å²) in [4.78, 5) is 28.9. The fraction of sp³-hybridized carbons (Fsp3) is 0.286. The molecule has 7 nitrogen and oxygen atoms in total. The van der Waals surface area contributed by atoms with Crippen LogP contribution in [-0.2, 0) is 32.6 Å². The van der Waals surface area contributed by atoms with Crippen molar-refractivity contribution in [2.75, 3.05) is 23.7 Å². The molecule has 0 heterocycles. The number of benzene rings is 3. The number of anilines is 1. The van der Waals surface area contributed by atoms with Gasteiger partial charge in [-0.15, -0.1) is 0 Å². The van der Waals surface area contributed by atoms with Gasteiger partial charge in [-0.05, 0) is 47.9 Å². The van der Waals surface area contributed by atoms with Crippen LogP contribution in [-0.4, -0.2) is 50.5 Å². The molecule has 2 amide bonds. The third-order valence-electron chi connectivity index (χ3n) is 6.01. The van der Waals surface area contributed by atoms with E-state index in [2.05, 4.69) is 5.32 Å². The molecule has 0 radical (unpaired) electrons. The summed E-state index contributed by atoms with van der Waals surface area (Å²) in [6.45, 7) is 1.70. The molecule has 0 saturated heterocycles. The second-order valence-corrected chi connectivity index (χ2v) is 12.7. The highest BCUT2D eigenvalue weighted by atomic mass is 35.5. The highest BCUT2D eigenvalue weighted by molar-refractivity contribution is 7.92. The zero-order valence-electron chi connectivity index (χ0n) is 21.9. The summed E-state index contributed by atoms with van der Waals surface area (Å²) in [5.74, 6) is -0.982. The molecule has 3 aromatic carbocycles. The smallest absolute Gasteiger partial charge is 0.244 e. The highest BCUT2D eigenvalue weighted by Gasteiger charge is 2.33. The normalized spacial score (nSPS) is 12.1. The summed E-state index contributed by atoms with van der Waals surface area (Å²) in [5, 5.41) is 3.87. The number of nitrogens with zero attached hydrogens (tertiary/aromatic N) is 2. The lowest BCUT2D eigenvalue weighted by atomic mass is 10.0. The molecule has 0 spiro atoms. The monoisotopic (exact) mass is 643 g/mol. The first kappa shape index (κ1) is 32.0. The van der Waals surface area contributed by atoms with Gasteiger partial charge in [0.1, 0.15) is 12.6 Å². The average Bonchev–Trinajstić information content (AvgIpc) is 2.90. The van der Waals surface area contributed by atoms with E-state index in [0.29, 0.717) is 28.6 Å². The molecule has 1 atom stereocenters. The number of hydrogen-bond acceptors (Lipinski definition) is 4. The van der Waals surface area contributed by atoms with Crippen molar-refractivity contribution in [3.05, 3.63) is 97.9 Å². The van der Waals surface area contributed by atoms with E-state index in [0.717, 1.165) is 16.1 Å². The van der Waals surface area contributed by atoms with Crippen LogP contribution in [0.2, 0.25) is 20.1 Å². The molecule has 0 unspecified atom stereocenters. The average molecular weight is 645 g/mol. The summed E-state index contributed by atoms with van der Waals surface area (Å²) in [7, 11) is -3.97. The number of halogens is 4. The fourth-order valence-electron chi connectivity index (χ4n) is 4.03. The van der Waals surface area contributed by atoms with Crippen molar-refractivity contribution in [1.82, 2.24) is 10.2 Å². The quantitative estimate of drug-likeness (QED) is 0.253. The second kappa shape index (κ2) is 14.4. The summed E-state index contributed by atoms with van der Waals surface area (Å²) >= 11 is 24.7. The maximum atomic E-state index is 14.0. The lowest BCUT2D eigenvalue weighted by Gasteiger charge is -2.33. The van der Waals surface area contributed by atoms with Crippen molar-refractivity contribution in [2.45, 2.75) is 32.4 Å². The van der Waals surface area contributed by atoms with Crippen LogP contribution < -0.4 is 9.62 Å². The van der Waals surface area contributed by atoms with E-state index in [1.54, 1.807) is 18.2 Å². The minimum atomic E-state index is -3.97. The molecule has 12 heteroatoms. The van der Waals surface area contributed by atoms with Crippen molar-refractivity contribution in [3.8, 4) is 0 Å². The standard InChI is InChI=1S/C28H29Cl4N3O4S/c1-3-13-33-28(37)26(15-19-7-5-4-6-8-19)34(17-20-9-11-22(30)23(31)14-20)27(36)18-35(40(2,38)39)25-12-10-21(29)16-24(25)32/h4-12,14,16,26H,3,13,15,17-18H2,1-2H3,(H,33,37)/t26-/m1/s1. The number of nitrogens with one attached hydrogen (secondary N) is 1. The summed E-state index contributed by atoms with van der Waals surface area (Å²) in [5.41, 5.74) is 1.53. The Bertz CT molecular complexity index is 1460. The van der Waals surface area contributed by atoms with Crippen molar-refractivity contribution >= 4 is 73.9 Å². The number of rotatable bonds is 12. The molecular formula is C28H29Cl4N3O4S. The molecule has 0 bridgehead atoms. The first-order valence-corrected chi connectivity index (χ1v) is 15.7. The largest absolute Gasteiger partial charge is 0.354 e. The number of sulfonamides is 1. The van der Waals surface area contributed by atoms with E-state index in [1.165, 1.54) is 23.1 Å². The molecule has 0 aliphatic rings.